The van der Waals surface area contributed by atoms with Crippen molar-refractivity contribution in [3.8, 4) is 0 Å². The van der Waals surface area contributed by atoms with Crippen molar-refractivity contribution in [2.24, 2.45) is 0 Å². The second kappa shape index (κ2) is 7.33. The number of nitrogens with zero attached hydrogens (tertiary/aromatic N) is 2. The van der Waals surface area contributed by atoms with E-state index in [1.54, 1.807) is 0 Å². The lowest BCUT2D eigenvalue weighted by atomic mass is 10.1. The van der Waals surface area contributed by atoms with Crippen molar-refractivity contribution in [3.63, 3.8) is 0 Å². The number of aryl methyl sites for hydroxylation is 1. The monoisotopic (exact) mass is 325 g/mol. The van der Waals surface area contributed by atoms with Crippen molar-refractivity contribution in [2.45, 2.75) is 26.7 Å². The van der Waals surface area contributed by atoms with E-state index in [9.17, 15) is 8.42 Å². The van der Waals surface area contributed by atoms with E-state index >= 15 is 0 Å². The Hall–Kier alpha value is -1.27. The molecule has 2 rings (SSSR count). The molecule has 0 radical (unpaired) electrons. The predicted molar refractivity (Wildman–Crippen MR) is 93.4 cm³/mol. The number of likely N-dealkylation sites (N-methyl/N-ethyl adjacent to an activating group) is 1. The van der Waals surface area contributed by atoms with E-state index in [1.165, 1.54) is 30.3 Å². The Labute approximate surface area is 134 Å². The molecule has 1 fully saturated rings. The maximum Gasteiger partial charge on any atom is 0.208 e. The van der Waals surface area contributed by atoms with E-state index in [0.29, 0.717) is 13.1 Å². The SMILES string of the molecule is CCN(CCNS(C)(=O)=O)c1ccc(N2CCCC2)c(C)c1. The number of hydrogen-bond donors (Lipinski definition) is 1. The molecule has 1 saturated heterocycles. The third-order valence-electron chi connectivity index (χ3n) is 4.12. The number of sulfonamides is 1. The van der Waals surface area contributed by atoms with Crippen LogP contribution >= 0.6 is 0 Å². The van der Waals surface area contributed by atoms with Crippen LogP contribution in [0.15, 0.2) is 18.2 Å². The molecule has 5 nitrogen and oxygen atoms in total. The molecular formula is C16H27N3O2S. The number of nitrogens with one attached hydrogen (secondary N) is 1. The predicted octanol–water partition coefficient (Wildman–Crippen LogP) is 1.97. The largest absolute Gasteiger partial charge is 0.371 e. The molecule has 0 bridgehead atoms. The van der Waals surface area contributed by atoms with Gasteiger partial charge in [0.05, 0.1) is 6.26 Å². The summed E-state index contributed by atoms with van der Waals surface area (Å²) in [6, 6.07) is 6.55. The van der Waals surface area contributed by atoms with Gasteiger partial charge in [-0.05, 0) is 50.5 Å². The summed E-state index contributed by atoms with van der Waals surface area (Å²) in [6.45, 7) is 8.50. The van der Waals surface area contributed by atoms with Crippen LogP contribution in [0.4, 0.5) is 11.4 Å². The van der Waals surface area contributed by atoms with Crippen molar-refractivity contribution >= 4 is 21.4 Å². The second-order valence-corrected chi connectivity index (χ2v) is 7.74. The first-order valence-corrected chi connectivity index (χ1v) is 9.85. The molecule has 0 aliphatic carbocycles. The van der Waals surface area contributed by atoms with Crippen LogP contribution in [0.2, 0.25) is 0 Å². The molecule has 1 aromatic rings. The van der Waals surface area contributed by atoms with Crippen molar-refractivity contribution < 1.29 is 8.42 Å². The van der Waals surface area contributed by atoms with E-state index in [1.807, 2.05) is 0 Å². The maximum absolute atomic E-state index is 11.1. The van der Waals surface area contributed by atoms with Gasteiger partial charge >= 0.3 is 0 Å². The summed E-state index contributed by atoms with van der Waals surface area (Å²) in [4.78, 5) is 4.64. The van der Waals surface area contributed by atoms with Crippen LogP contribution in [0, 0.1) is 6.92 Å². The summed E-state index contributed by atoms with van der Waals surface area (Å²) in [5.74, 6) is 0. The highest BCUT2D eigenvalue weighted by Gasteiger charge is 2.15. The van der Waals surface area contributed by atoms with Crippen molar-refractivity contribution in [2.75, 3.05) is 48.8 Å². The molecule has 0 atom stereocenters. The Balaban J connectivity index is 2.04. The van der Waals surface area contributed by atoms with Gasteiger partial charge in [0, 0.05) is 44.1 Å². The summed E-state index contributed by atoms with van der Waals surface area (Å²) in [5.41, 5.74) is 3.76. The zero-order valence-electron chi connectivity index (χ0n) is 13.8. The van der Waals surface area contributed by atoms with E-state index in [0.717, 1.165) is 25.3 Å². The fraction of sp³-hybridized carbons (Fsp3) is 0.625. The average Bonchev–Trinajstić information content (AvgIpc) is 2.96. The van der Waals surface area contributed by atoms with Crippen molar-refractivity contribution in [1.29, 1.82) is 0 Å². The zero-order valence-corrected chi connectivity index (χ0v) is 14.6. The van der Waals surface area contributed by atoms with Crippen LogP contribution in [0.3, 0.4) is 0 Å². The molecule has 1 aromatic carbocycles. The molecule has 0 spiro atoms. The normalized spacial score (nSPS) is 15.3. The minimum absolute atomic E-state index is 0.430. The van der Waals surface area contributed by atoms with Crippen LogP contribution in [0.25, 0.3) is 0 Å². The van der Waals surface area contributed by atoms with Crippen LogP contribution < -0.4 is 14.5 Å². The number of rotatable bonds is 7. The molecule has 1 heterocycles. The highest BCUT2D eigenvalue weighted by atomic mass is 32.2. The molecule has 0 unspecified atom stereocenters. The standard InChI is InChI=1S/C16H27N3O2S/c1-4-18(12-9-17-22(3,20)21)15-7-8-16(14(2)13-15)19-10-5-6-11-19/h7-8,13,17H,4-6,9-12H2,1-3H3. The summed E-state index contributed by atoms with van der Waals surface area (Å²) in [5, 5.41) is 0. The second-order valence-electron chi connectivity index (χ2n) is 5.91. The van der Waals surface area contributed by atoms with Gasteiger partial charge < -0.3 is 9.80 Å². The van der Waals surface area contributed by atoms with Crippen molar-refractivity contribution in [3.05, 3.63) is 23.8 Å². The van der Waals surface area contributed by atoms with Gasteiger partial charge in [-0.3, -0.25) is 0 Å². The Bertz CT molecular complexity index is 595. The quantitative estimate of drug-likeness (QED) is 0.833. The molecule has 1 aliphatic heterocycles. The summed E-state index contributed by atoms with van der Waals surface area (Å²) >= 11 is 0. The van der Waals surface area contributed by atoms with Gasteiger partial charge in [-0.15, -0.1) is 0 Å². The summed E-state index contributed by atoms with van der Waals surface area (Å²) in [7, 11) is -3.12. The van der Waals surface area contributed by atoms with E-state index in [-0.39, 0.29) is 0 Å². The minimum Gasteiger partial charge on any atom is -0.371 e. The first-order valence-electron chi connectivity index (χ1n) is 7.96. The Kier molecular flexibility index (Phi) is 5.69. The molecule has 0 saturated carbocycles. The Morgan fingerprint density at radius 3 is 2.50 bits per heavy atom. The van der Waals surface area contributed by atoms with Gasteiger partial charge in [-0.1, -0.05) is 0 Å². The molecule has 0 aromatic heterocycles. The van der Waals surface area contributed by atoms with Gasteiger partial charge in [0.25, 0.3) is 0 Å². The van der Waals surface area contributed by atoms with Gasteiger partial charge in [0.2, 0.25) is 10.0 Å². The molecule has 1 N–H and O–H groups in total. The van der Waals surface area contributed by atoms with E-state index < -0.39 is 10.0 Å². The van der Waals surface area contributed by atoms with E-state index in [4.69, 9.17) is 0 Å². The Morgan fingerprint density at radius 2 is 1.95 bits per heavy atom. The lowest BCUT2D eigenvalue weighted by Gasteiger charge is -2.26. The summed E-state index contributed by atoms with van der Waals surface area (Å²) in [6.07, 6.45) is 3.75. The molecule has 22 heavy (non-hydrogen) atoms. The molecule has 1 aliphatic rings. The third-order valence-corrected chi connectivity index (χ3v) is 4.85. The highest BCUT2D eigenvalue weighted by Crippen LogP contribution is 2.28. The van der Waals surface area contributed by atoms with Crippen LogP contribution in [0.5, 0.6) is 0 Å². The van der Waals surface area contributed by atoms with Crippen LogP contribution in [-0.4, -0.2) is 47.4 Å². The fourth-order valence-corrected chi connectivity index (χ4v) is 3.45. The lowest BCUT2D eigenvalue weighted by molar-refractivity contribution is 0.587. The topological polar surface area (TPSA) is 52.7 Å². The number of anilines is 2. The minimum atomic E-state index is -3.12. The smallest absolute Gasteiger partial charge is 0.208 e. The average molecular weight is 325 g/mol. The van der Waals surface area contributed by atoms with Crippen molar-refractivity contribution in [1.82, 2.24) is 4.72 Å². The van der Waals surface area contributed by atoms with Gasteiger partial charge in [-0.25, -0.2) is 13.1 Å². The fourth-order valence-electron chi connectivity index (χ4n) is 2.98. The number of benzene rings is 1. The first kappa shape index (κ1) is 17.1. The Morgan fingerprint density at radius 1 is 1.27 bits per heavy atom. The van der Waals surface area contributed by atoms with Gasteiger partial charge in [0.1, 0.15) is 0 Å². The zero-order chi connectivity index (χ0) is 16.2. The summed E-state index contributed by atoms with van der Waals surface area (Å²) < 4.78 is 24.8. The third kappa shape index (κ3) is 4.61. The number of hydrogen-bond acceptors (Lipinski definition) is 4. The van der Waals surface area contributed by atoms with Crippen LogP contribution in [0.1, 0.15) is 25.3 Å². The first-order chi connectivity index (χ1) is 10.4. The molecule has 124 valence electrons. The maximum atomic E-state index is 11.1. The van der Waals surface area contributed by atoms with Crippen LogP contribution in [-0.2, 0) is 10.0 Å². The van der Waals surface area contributed by atoms with Gasteiger partial charge in [-0.2, -0.15) is 0 Å². The molecule has 6 heteroatoms. The highest BCUT2D eigenvalue weighted by molar-refractivity contribution is 7.88. The lowest BCUT2D eigenvalue weighted by Crippen LogP contribution is -2.34. The van der Waals surface area contributed by atoms with E-state index in [2.05, 4.69) is 46.6 Å². The van der Waals surface area contributed by atoms with Gasteiger partial charge in [0.15, 0.2) is 0 Å². The molecule has 0 amide bonds. The molecular weight excluding hydrogens is 298 g/mol.